The van der Waals surface area contributed by atoms with Crippen LogP contribution in [0.25, 0.3) is 10.9 Å². The number of piperidine rings is 1. The number of hydrogen-bond donors (Lipinski definition) is 1. The van der Waals surface area contributed by atoms with Crippen LogP contribution < -0.4 is 10.1 Å². The van der Waals surface area contributed by atoms with E-state index in [4.69, 9.17) is 9.72 Å². The second-order valence-corrected chi connectivity index (χ2v) is 5.95. The van der Waals surface area contributed by atoms with Crippen molar-refractivity contribution in [2.75, 3.05) is 32.6 Å². The van der Waals surface area contributed by atoms with Gasteiger partial charge < -0.3 is 15.0 Å². The fourth-order valence-electron chi connectivity index (χ4n) is 3.08. The Kier molecular flexibility index (Phi) is 3.97. The van der Waals surface area contributed by atoms with Crippen LogP contribution in [-0.2, 0) is 0 Å². The van der Waals surface area contributed by atoms with Crippen LogP contribution in [0.5, 0.6) is 5.75 Å². The van der Waals surface area contributed by atoms with Gasteiger partial charge >= 0.3 is 0 Å². The monoisotopic (exact) mass is 285 g/mol. The molecule has 0 saturated carbocycles. The lowest BCUT2D eigenvalue weighted by Gasteiger charge is -2.30. The number of pyridine rings is 1. The molecule has 112 valence electrons. The van der Waals surface area contributed by atoms with Crippen LogP contribution in [-0.4, -0.2) is 43.2 Å². The molecule has 1 aliphatic rings. The Labute approximate surface area is 126 Å². The van der Waals surface area contributed by atoms with E-state index in [0.29, 0.717) is 6.04 Å². The first-order valence-corrected chi connectivity index (χ1v) is 7.56. The summed E-state index contributed by atoms with van der Waals surface area (Å²) in [4.78, 5) is 7.13. The number of hydrogen-bond acceptors (Lipinski definition) is 4. The number of likely N-dealkylation sites (tertiary alicyclic amines) is 1. The summed E-state index contributed by atoms with van der Waals surface area (Å²) in [6.45, 7) is 4.41. The van der Waals surface area contributed by atoms with E-state index in [-0.39, 0.29) is 0 Å². The van der Waals surface area contributed by atoms with E-state index < -0.39 is 0 Å². The largest absolute Gasteiger partial charge is 0.497 e. The maximum Gasteiger partial charge on any atom is 0.127 e. The van der Waals surface area contributed by atoms with Crippen LogP contribution in [0.3, 0.4) is 0 Å². The van der Waals surface area contributed by atoms with Gasteiger partial charge in [0, 0.05) is 24.0 Å². The number of anilines is 1. The van der Waals surface area contributed by atoms with Crippen molar-refractivity contribution in [2.24, 2.45) is 0 Å². The number of rotatable bonds is 3. The van der Waals surface area contributed by atoms with Crippen molar-refractivity contribution in [2.45, 2.75) is 25.8 Å². The van der Waals surface area contributed by atoms with Gasteiger partial charge in [0.25, 0.3) is 0 Å². The summed E-state index contributed by atoms with van der Waals surface area (Å²) < 4.78 is 5.30. The molecule has 1 fully saturated rings. The van der Waals surface area contributed by atoms with Crippen LogP contribution >= 0.6 is 0 Å². The summed E-state index contributed by atoms with van der Waals surface area (Å²) in [5, 5.41) is 4.77. The summed E-state index contributed by atoms with van der Waals surface area (Å²) >= 11 is 0. The highest BCUT2D eigenvalue weighted by atomic mass is 16.5. The molecule has 1 saturated heterocycles. The van der Waals surface area contributed by atoms with Gasteiger partial charge in [-0.15, -0.1) is 0 Å². The first-order valence-electron chi connectivity index (χ1n) is 7.56. The Bertz CT molecular complexity index is 641. The Hall–Kier alpha value is -1.81. The van der Waals surface area contributed by atoms with Crippen molar-refractivity contribution < 1.29 is 4.74 Å². The second-order valence-electron chi connectivity index (χ2n) is 5.95. The summed E-state index contributed by atoms with van der Waals surface area (Å²) in [6.07, 6.45) is 2.45. The lowest BCUT2D eigenvalue weighted by atomic mass is 10.1. The number of fused-ring (bicyclic) bond motifs is 1. The van der Waals surface area contributed by atoms with Crippen molar-refractivity contribution >= 4 is 16.7 Å². The number of aromatic nitrogens is 1. The third-order valence-corrected chi connectivity index (χ3v) is 4.20. The molecule has 2 heterocycles. The number of nitrogens with zero attached hydrogens (tertiary/aromatic N) is 2. The molecule has 1 unspecified atom stereocenters. The number of likely N-dealkylation sites (N-methyl/N-ethyl adjacent to an activating group) is 1. The topological polar surface area (TPSA) is 37.4 Å². The molecular weight excluding hydrogens is 262 g/mol. The summed E-state index contributed by atoms with van der Waals surface area (Å²) in [6, 6.07) is 8.69. The zero-order valence-electron chi connectivity index (χ0n) is 13.0. The van der Waals surface area contributed by atoms with E-state index in [1.165, 1.54) is 30.3 Å². The van der Waals surface area contributed by atoms with Crippen molar-refractivity contribution in [1.82, 2.24) is 9.88 Å². The van der Waals surface area contributed by atoms with Gasteiger partial charge in [-0.05, 0) is 57.1 Å². The maximum atomic E-state index is 5.30. The molecule has 0 aliphatic carbocycles. The zero-order chi connectivity index (χ0) is 14.8. The normalized spacial score (nSPS) is 19.7. The van der Waals surface area contributed by atoms with Crippen LogP contribution in [0, 0.1) is 6.92 Å². The zero-order valence-corrected chi connectivity index (χ0v) is 13.0. The van der Waals surface area contributed by atoms with Crippen LogP contribution in [0.2, 0.25) is 0 Å². The number of aryl methyl sites for hydroxylation is 1. The van der Waals surface area contributed by atoms with Crippen LogP contribution in [0.15, 0.2) is 24.3 Å². The molecule has 2 aromatic rings. The third-order valence-electron chi connectivity index (χ3n) is 4.20. The van der Waals surface area contributed by atoms with Gasteiger partial charge in [0.1, 0.15) is 11.6 Å². The van der Waals surface area contributed by atoms with Gasteiger partial charge in [0.05, 0.1) is 12.6 Å². The van der Waals surface area contributed by atoms with E-state index in [1.807, 2.05) is 12.1 Å². The van der Waals surface area contributed by atoms with Gasteiger partial charge in [-0.1, -0.05) is 0 Å². The summed E-state index contributed by atoms with van der Waals surface area (Å²) in [5.41, 5.74) is 2.23. The molecule has 4 nitrogen and oxygen atoms in total. The molecule has 0 radical (unpaired) electrons. The van der Waals surface area contributed by atoms with E-state index in [2.05, 4.69) is 36.3 Å². The Balaban J connectivity index is 1.88. The van der Waals surface area contributed by atoms with Gasteiger partial charge in [0.2, 0.25) is 0 Å². The van der Waals surface area contributed by atoms with Crippen LogP contribution in [0.4, 0.5) is 5.82 Å². The molecule has 21 heavy (non-hydrogen) atoms. The highest BCUT2D eigenvalue weighted by molar-refractivity contribution is 5.85. The van der Waals surface area contributed by atoms with E-state index in [9.17, 15) is 0 Å². The fourth-order valence-corrected chi connectivity index (χ4v) is 3.08. The average Bonchev–Trinajstić information content (AvgIpc) is 2.46. The maximum absolute atomic E-state index is 5.30. The number of ether oxygens (including phenoxy) is 1. The minimum atomic E-state index is 0.485. The molecule has 1 aromatic heterocycles. The lowest BCUT2D eigenvalue weighted by Crippen LogP contribution is -2.39. The first kappa shape index (κ1) is 14.1. The number of nitrogens with one attached hydrogen (secondary N) is 1. The van der Waals surface area contributed by atoms with E-state index in [0.717, 1.165) is 23.6 Å². The highest BCUT2D eigenvalue weighted by Crippen LogP contribution is 2.25. The number of methoxy groups -OCH3 is 1. The lowest BCUT2D eigenvalue weighted by molar-refractivity contribution is 0.261. The highest BCUT2D eigenvalue weighted by Gasteiger charge is 2.17. The second kappa shape index (κ2) is 5.90. The third kappa shape index (κ3) is 3.10. The molecule has 3 rings (SSSR count). The predicted octanol–water partition coefficient (Wildman–Crippen LogP) is 3.06. The van der Waals surface area contributed by atoms with Crippen molar-refractivity contribution in [3.8, 4) is 5.75 Å². The van der Waals surface area contributed by atoms with Crippen molar-refractivity contribution in [3.05, 3.63) is 29.8 Å². The Morgan fingerprint density at radius 2 is 2.19 bits per heavy atom. The minimum Gasteiger partial charge on any atom is -0.497 e. The molecule has 0 amide bonds. The minimum absolute atomic E-state index is 0.485. The molecule has 0 bridgehead atoms. The predicted molar refractivity (Wildman–Crippen MR) is 87.2 cm³/mol. The van der Waals surface area contributed by atoms with Crippen molar-refractivity contribution in [1.29, 1.82) is 0 Å². The molecule has 4 heteroatoms. The SMILES string of the molecule is COc1ccc2c(C)cc(NC3CCCN(C)C3)nc2c1. The summed E-state index contributed by atoms with van der Waals surface area (Å²) in [5.74, 6) is 1.82. The van der Waals surface area contributed by atoms with Crippen LogP contribution in [0.1, 0.15) is 18.4 Å². The average molecular weight is 285 g/mol. The fraction of sp³-hybridized carbons (Fsp3) is 0.471. The van der Waals surface area contributed by atoms with Gasteiger partial charge in [-0.3, -0.25) is 0 Å². The standard InChI is InChI=1S/C17H23N3O/c1-12-9-17(18-13-5-4-8-20(2)11-13)19-16-10-14(21-3)6-7-15(12)16/h6-7,9-10,13H,4-5,8,11H2,1-3H3,(H,18,19). The molecule has 1 N–H and O–H groups in total. The van der Waals surface area contributed by atoms with Gasteiger partial charge in [0.15, 0.2) is 0 Å². The van der Waals surface area contributed by atoms with E-state index in [1.54, 1.807) is 7.11 Å². The molecule has 1 aromatic carbocycles. The quantitative estimate of drug-likeness (QED) is 0.940. The smallest absolute Gasteiger partial charge is 0.127 e. The van der Waals surface area contributed by atoms with Gasteiger partial charge in [-0.25, -0.2) is 4.98 Å². The van der Waals surface area contributed by atoms with Crippen molar-refractivity contribution in [3.63, 3.8) is 0 Å². The Morgan fingerprint density at radius 3 is 2.95 bits per heavy atom. The van der Waals surface area contributed by atoms with Gasteiger partial charge in [-0.2, -0.15) is 0 Å². The Morgan fingerprint density at radius 1 is 1.33 bits per heavy atom. The molecular formula is C17H23N3O. The first-order chi connectivity index (χ1) is 10.2. The summed E-state index contributed by atoms with van der Waals surface area (Å²) in [7, 11) is 3.87. The number of benzene rings is 1. The molecule has 1 aliphatic heterocycles. The molecule has 0 spiro atoms. The van der Waals surface area contributed by atoms with E-state index >= 15 is 0 Å². The molecule has 1 atom stereocenters.